The van der Waals surface area contributed by atoms with Gasteiger partial charge in [0.25, 0.3) is 0 Å². The highest BCUT2D eigenvalue weighted by atomic mass is 16.1. The van der Waals surface area contributed by atoms with Crippen LogP contribution >= 0.6 is 0 Å². The van der Waals surface area contributed by atoms with E-state index in [1.54, 1.807) is 0 Å². The Kier molecular flexibility index (Phi) is 2.45. The third-order valence-electron chi connectivity index (χ3n) is 7.06. The number of nitrogens with one attached hydrogen (secondary N) is 1. The number of hydrogen-bond donors (Lipinski definition) is 1. The summed E-state index contributed by atoms with van der Waals surface area (Å²) in [5.74, 6) is 0.316. The van der Waals surface area contributed by atoms with Crippen LogP contribution in [0.25, 0.3) is 0 Å². The van der Waals surface area contributed by atoms with Crippen molar-refractivity contribution in [2.24, 2.45) is 5.92 Å². The summed E-state index contributed by atoms with van der Waals surface area (Å²) in [4.78, 5) is 12.0. The van der Waals surface area contributed by atoms with Gasteiger partial charge in [-0.2, -0.15) is 0 Å². The number of benzene rings is 1. The second-order valence-electron chi connectivity index (χ2n) is 7.87. The highest BCUT2D eigenvalue weighted by molar-refractivity contribution is 5.84. The summed E-state index contributed by atoms with van der Waals surface area (Å²) in [6.45, 7) is 4.42. The second-order valence-corrected chi connectivity index (χ2v) is 7.87. The van der Waals surface area contributed by atoms with Crippen LogP contribution in [0.15, 0.2) is 47.2 Å². The lowest BCUT2D eigenvalue weighted by Gasteiger charge is -2.51. The molecule has 3 nitrogen and oxygen atoms in total. The van der Waals surface area contributed by atoms with Gasteiger partial charge in [0.05, 0.1) is 19.0 Å². The number of piperidine rings is 1. The van der Waals surface area contributed by atoms with Crippen LogP contribution in [0.3, 0.4) is 0 Å². The van der Waals surface area contributed by atoms with Crippen LogP contribution in [0.4, 0.5) is 5.69 Å². The van der Waals surface area contributed by atoms with Crippen molar-refractivity contribution >= 4 is 12.0 Å². The summed E-state index contributed by atoms with van der Waals surface area (Å²) in [6, 6.07) is 9.27. The molecular weight excluding hydrogens is 284 g/mol. The number of nitrogens with zero attached hydrogens (tertiary/aromatic N) is 1. The maximum Gasteiger partial charge on any atom is 0.148 e. The molecule has 23 heavy (non-hydrogen) atoms. The van der Waals surface area contributed by atoms with Gasteiger partial charge in [-0.1, -0.05) is 24.3 Å². The summed E-state index contributed by atoms with van der Waals surface area (Å²) in [5.41, 5.74) is 6.35. The highest BCUT2D eigenvalue weighted by Gasteiger charge is 2.67. The lowest BCUT2D eigenvalue weighted by atomic mass is 9.61. The zero-order valence-corrected chi connectivity index (χ0v) is 13.8. The summed E-state index contributed by atoms with van der Waals surface area (Å²) >= 11 is 0. The van der Waals surface area contributed by atoms with Crippen molar-refractivity contribution in [2.45, 2.75) is 31.2 Å². The number of carbonyl (C=O) groups is 1. The molecule has 4 aliphatic rings. The minimum Gasteiger partial charge on any atom is -0.357 e. The third kappa shape index (κ3) is 1.38. The smallest absolute Gasteiger partial charge is 0.148 e. The predicted molar refractivity (Wildman–Crippen MR) is 91.0 cm³/mol. The van der Waals surface area contributed by atoms with Crippen molar-refractivity contribution < 1.29 is 9.28 Å². The Morgan fingerprint density at radius 1 is 1.35 bits per heavy atom. The molecule has 1 aromatic carbocycles. The van der Waals surface area contributed by atoms with Crippen LogP contribution in [0.2, 0.25) is 0 Å². The Hall–Kier alpha value is -1.87. The first-order valence-electron chi connectivity index (χ1n) is 8.70. The van der Waals surface area contributed by atoms with Crippen molar-refractivity contribution in [2.75, 3.05) is 25.5 Å². The van der Waals surface area contributed by atoms with Crippen LogP contribution in [0, 0.1) is 5.92 Å². The molecule has 118 valence electrons. The quantitative estimate of drug-likeness (QED) is 0.491. The molecule has 1 spiro atoms. The van der Waals surface area contributed by atoms with Crippen LogP contribution in [0.1, 0.15) is 25.3 Å². The van der Waals surface area contributed by atoms with Crippen molar-refractivity contribution in [3.8, 4) is 0 Å². The van der Waals surface area contributed by atoms with Crippen molar-refractivity contribution in [3.05, 3.63) is 52.7 Å². The largest absolute Gasteiger partial charge is 0.357 e. The summed E-state index contributed by atoms with van der Waals surface area (Å²) in [6.07, 6.45) is 5.65. The maximum atomic E-state index is 12.0. The lowest BCUT2D eigenvalue weighted by molar-refractivity contribution is -0.923. The molecule has 3 aliphatic heterocycles. The molecule has 4 atom stereocenters. The maximum absolute atomic E-state index is 12.0. The van der Waals surface area contributed by atoms with Gasteiger partial charge in [0.15, 0.2) is 0 Å². The van der Waals surface area contributed by atoms with Gasteiger partial charge >= 0.3 is 0 Å². The van der Waals surface area contributed by atoms with Gasteiger partial charge < -0.3 is 9.80 Å². The molecule has 0 radical (unpaired) electrons. The molecule has 1 aromatic rings. The van der Waals surface area contributed by atoms with E-state index >= 15 is 0 Å². The zero-order valence-electron chi connectivity index (χ0n) is 13.8. The molecule has 2 fully saturated rings. The Balaban J connectivity index is 1.85. The molecule has 1 N–H and O–H groups in total. The van der Waals surface area contributed by atoms with Crippen LogP contribution in [-0.2, 0) is 10.2 Å². The second kappa shape index (κ2) is 4.15. The molecule has 2 bridgehead atoms. The van der Waals surface area contributed by atoms with E-state index in [1.165, 1.54) is 29.1 Å². The van der Waals surface area contributed by atoms with E-state index in [4.69, 9.17) is 0 Å². The fourth-order valence-corrected chi connectivity index (χ4v) is 6.07. The van der Waals surface area contributed by atoms with E-state index in [1.807, 2.05) is 0 Å². The molecule has 1 aliphatic carbocycles. The average Bonchev–Trinajstić information content (AvgIpc) is 3.08. The fraction of sp³-hybridized carbons (Fsp3) is 0.450. The number of anilines is 1. The molecular formula is C20H23N2O+. The predicted octanol–water partition coefficient (Wildman–Crippen LogP) is 3.00. The fourth-order valence-electron chi connectivity index (χ4n) is 6.07. The first-order valence-corrected chi connectivity index (χ1v) is 8.70. The number of likely N-dealkylation sites (N-methyl/N-ethyl adjacent to an activating group) is 1. The third-order valence-corrected chi connectivity index (χ3v) is 7.06. The highest BCUT2D eigenvalue weighted by Crippen LogP contribution is 2.62. The number of para-hydroxylation sites is 1. The van der Waals surface area contributed by atoms with Gasteiger partial charge in [-0.25, -0.2) is 0 Å². The summed E-state index contributed by atoms with van der Waals surface area (Å²) < 4.78 is 1.13. The molecule has 5 rings (SSSR count). The molecule has 3 heterocycles. The molecule has 0 aromatic heterocycles. The minimum atomic E-state index is 0.0390. The van der Waals surface area contributed by atoms with Crippen molar-refractivity contribution in [1.82, 2.24) is 0 Å². The minimum absolute atomic E-state index is 0.0390. The van der Waals surface area contributed by atoms with Crippen LogP contribution in [0.5, 0.6) is 0 Å². The summed E-state index contributed by atoms with van der Waals surface area (Å²) in [5, 5.41) is 3.66. The monoisotopic (exact) mass is 307 g/mol. The normalized spacial score (nSPS) is 41.6. The van der Waals surface area contributed by atoms with E-state index in [2.05, 4.69) is 49.6 Å². The van der Waals surface area contributed by atoms with Gasteiger partial charge in [-0.15, -0.1) is 0 Å². The number of carbonyl (C=O) groups excluding carboxylic acids is 1. The Bertz CT molecular complexity index is 793. The molecule has 0 unspecified atom stereocenters. The Morgan fingerprint density at radius 3 is 2.96 bits per heavy atom. The number of fused-ring (bicyclic) bond motifs is 2. The topological polar surface area (TPSA) is 29.1 Å². The van der Waals surface area contributed by atoms with Crippen molar-refractivity contribution in [3.63, 3.8) is 0 Å². The van der Waals surface area contributed by atoms with Crippen LogP contribution < -0.4 is 5.32 Å². The number of aldehydes is 1. The standard InChI is InChI=1S/C20H22N2O/c1-3-13-11-22(2)9-8-20-16-6-4-5-7-17(16)21-19(20)15(12-23)14(13)10-18(20)22/h3-7,12,14,18H,8-11H2,1-2H3/p+1/b13-3+/t14-,18+,20-,22-/m0/s1. The SMILES string of the molecule is C/C=C1\C[N@+]2(C)CC[C@@]34C(=C(C=O)[C@H]1C[C@H]32)Nc1ccccc14. The molecule has 2 saturated heterocycles. The van der Waals surface area contributed by atoms with Gasteiger partial charge in [0.1, 0.15) is 18.9 Å². The summed E-state index contributed by atoms with van der Waals surface area (Å²) in [7, 11) is 2.42. The van der Waals surface area contributed by atoms with E-state index in [-0.39, 0.29) is 5.41 Å². The zero-order chi connectivity index (χ0) is 15.8. The lowest BCUT2D eigenvalue weighted by Crippen LogP contribution is -2.61. The van der Waals surface area contributed by atoms with E-state index in [0.717, 1.165) is 35.7 Å². The Labute approximate surface area is 137 Å². The van der Waals surface area contributed by atoms with E-state index in [0.29, 0.717) is 12.0 Å². The van der Waals surface area contributed by atoms with Gasteiger partial charge in [0.2, 0.25) is 0 Å². The Morgan fingerprint density at radius 2 is 2.17 bits per heavy atom. The molecule has 0 amide bonds. The van der Waals surface area contributed by atoms with Gasteiger partial charge in [-0.05, 0) is 24.1 Å². The van der Waals surface area contributed by atoms with Gasteiger partial charge in [-0.3, -0.25) is 4.79 Å². The first kappa shape index (κ1) is 13.6. The van der Waals surface area contributed by atoms with E-state index in [9.17, 15) is 4.79 Å². The number of allylic oxidation sites excluding steroid dienone is 2. The van der Waals surface area contributed by atoms with Crippen LogP contribution in [-0.4, -0.2) is 36.9 Å². The average molecular weight is 307 g/mol. The number of rotatable bonds is 1. The first-order chi connectivity index (χ1) is 11.1. The van der Waals surface area contributed by atoms with E-state index < -0.39 is 0 Å². The van der Waals surface area contributed by atoms with Crippen molar-refractivity contribution in [1.29, 1.82) is 0 Å². The molecule has 0 saturated carbocycles. The molecule has 3 heteroatoms. The number of hydrogen-bond acceptors (Lipinski definition) is 2. The van der Waals surface area contributed by atoms with Gasteiger partial charge in [0, 0.05) is 35.7 Å². The number of quaternary nitrogens is 1.